The Hall–Kier alpha value is -2.89. The van der Waals surface area contributed by atoms with Gasteiger partial charge in [-0.15, -0.1) is 0 Å². The van der Waals surface area contributed by atoms with Gasteiger partial charge in [0.25, 0.3) is 0 Å². The van der Waals surface area contributed by atoms with Crippen LogP contribution in [0.2, 0.25) is 0 Å². The van der Waals surface area contributed by atoms with E-state index in [9.17, 15) is 0 Å². The summed E-state index contributed by atoms with van der Waals surface area (Å²) in [7, 11) is 0. The Morgan fingerprint density at radius 2 is 1.36 bits per heavy atom. The summed E-state index contributed by atoms with van der Waals surface area (Å²) in [5, 5.41) is 2.95. The molecular formula is C11H3N3. The third-order valence-electron chi connectivity index (χ3n) is 0.713. The molecule has 0 N–H and O–H groups in total. The van der Waals surface area contributed by atoms with Gasteiger partial charge in [0, 0.05) is 11.0 Å². The summed E-state index contributed by atoms with van der Waals surface area (Å²) in [6.07, 6.45) is 0. The first-order valence-corrected chi connectivity index (χ1v) is 3.37. The normalized spacial score (nSPS) is 4.07. The van der Waals surface area contributed by atoms with E-state index >= 15 is 0 Å². The molecule has 0 fully saturated rings. The van der Waals surface area contributed by atoms with Crippen molar-refractivity contribution in [2.75, 3.05) is 0 Å². The van der Waals surface area contributed by atoms with Gasteiger partial charge in [0.15, 0.2) is 0 Å². The van der Waals surface area contributed by atoms with Gasteiger partial charge >= 0.3 is 0 Å². The lowest BCUT2D eigenvalue weighted by molar-refractivity contribution is 1.61. The quantitative estimate of drug-likeness (QED) is 0.232. The van der Waals surface area contributed by atoms with E-state index in [-0.39, 0.29) is 0 Å². The van der Waals surface area contributed by atoms with Gasteiger partial charge < -0.3 is 0 Å². The lowest BCUT2D eigenvalue weighted by atomic mass is 10.5. The highest BCUT2D eigenvalue weighted by Gasteiger charge is 1.55. The molecule has 0 atom stereocenters. The molecule has 0 radical (unpaired) electrons. The van der Waals surface area contributed by atoms with Crippen LogP contribution in [0.5, 0.6) is 0 Å². The zero-order valence-electron chi connectivity index (χ0n) is 7.34. The summed E-state index contributed by atoms with van der Waals surface area (Å²) in [5.74, 6) is 22.0. The van der Waals surface area contributed by atoms with Crippen molar-refractivity contribution >= 4 is 0 Å². The van der Waals surface area contributed by atoms with E-state index in [1.54, 1.807) is 6.92 Å². The van der Waals surface area contributed by atoms with Crippen LogP contribution in [0.15, 0.2) is 5.11 Å². The minimum atomic E-state index is 1.69. The summed E-state index contributed by atoms with van der Waals surface area (Å²) in [5.41, 5.74) is 7.84. The van der Waals surface area contributed by atoms with Gasteiger partial charge in [-0.2, -0.15) is 0 Å². The fraction of sp³-hybridized carbons (Fsp3) is 0.0909. The highest BCUT2D eigenvalue weighted by Crippen LogP contribution is 1.61. The van der Waals surface area contributed by atoms with Gasteiger partial charge in [-0.1, -0.05) is 5.92 Å². The molecule has 0 amide bonds. The summed E-state index contributed by atoms with van der Waals surface area (Å²) in [6.45, 7) is 1.69. The monoisotopic (exact) mass is 177 g/mol. The zero-order chi connectivity index (χ0) is 10.5. The fourth-order valence-electron chi connectivity index (χ4n) is 0.325. The van der Waals surface area contributed by atoms with Gasteiger partial charge in [0.05, 0.1) is 0 Å². The van der Waals surface area contributed by atoms with Crippen LogP contribution < -0.4 is 0 Å². The van der Waals surface area contributed by atoms with Crippen molar-refractivity contribution in [1.82, 2.24) is 0 Å². The van der Waals surface area contributed by atoms with Crippen LogP contribution in [0.1, 0.15) is 6.92 Å². The number of azide groups is 1. The van der Waals surface area contributed by atoms with Crippen molar-refractivity contribution < 1.29 is 0 Å². The van der Waals surface area contributed by atoms with Crippen LogP contribution in [0, 0.1) is 59.3 Å². The van der Waals surface area contributed by atoms with Crippen molar-refractivity contribution in [2.45, 2.75) is 6.92 Å². The van der Waals surface area contributed by atoms with Crippen molar-refractivity contribution in [1.29, 1.82) is 0 Å². The molecule has 0 spiro atoms. The maximum Gasteiger partial charge on any atom is 0.0127 e. The van der Waals surface area contributed by atoms with Crippen LogP contribution in [0.4, 0.5) is 0 Å². The maximum absolute atomic E-state index is 7.84. The summed E-state index contributed by atoms with van der Waals surface area (Å²) < 4.78 is 0. The van der Waals surface area contributed by atoms with Crippen LogP contribution in [0.3, 0.4) is 0 Å². The van der Waals surface area contributed by atoms with E-state index in [0.717, 1.165) is 0 Å². The predicted molar refractivity (Wildman–Crippen MR) is 53.7 cm³/mol. The first-order chi connectivity index (χ1) is 6.91. The Morgan fingerprint density at radius 1 is 0.857 bits per heavy atom. The van der Waals surface area contributed by atoms with Crippen LogP contribution >= 0.6 is 0 Å². The van der Waals surface area contributed by atoms with Crippen LogP contribution in [-0.4, -0.2) is 0 Å². The second-order valence-corrected chi connectivity index (χ2v) is 1.55. The third kappa shape index (κ3) is 9.11. The lowest BCUT2D eigenvalue weighted by Gasteiger charge is -1.55. The van der Waals surface area contributed by atoms with Gasteiger partial charge in [-0.25, -0.2) is 0 Å². The Balaban J connectivity index is 4.18. The molecule has 3 heteroatoms. The molecule has 0 aliphatic heterocycles. The molecule has 0 aromatic carbocycles. The topological polar surface area (TPSA) is 48.8 Å². The third-order valence-corrected chi connectivity index (χ3v) is 0.713. The van der Waals surface area contributed by atoms with Gasteiger partial charge in [0.2, 0.25) is 0 Å². The van der Waals surface area contributed by atoms with Crippen LogP contribution in [0.25, 0.3) is 10.4 Å². The highest BCUT2D eigenvalue weighted by molar-refractivity contribution is 5.42. The molecule has 0 aromatic heterocycles. The molecule has 0 heterocycles. The number of hydrogen-bond acceptors (Lipinski definition) is 1. The Bertz CT molecular complexity index is 536. The van der Waals surface area contributed by atoms with E-state index in [4.69, 9.17) is 5.53 Å². The van der Waals surface area contributed by atoms with Gasteiger partial charge in [0.1, 0.15) is 0 Å². The average molecular weight is 177 g/mol. The molecule has 14 heavy (non-hydrogen) atoms. The SMILES string of the molecule is CC#CC#CC#CC#CC#CN=[N+]=[N-]. The molecular weight excluding hydrogens is 174 g/mol. The first kappa shape index (κ1) is 11.1. The van der Waals surface area contributed by atoms with E-state index in [1.807, 2.05) is 0 Å². The average Bonchev–Trinajstić information content (AvgIpc) is 2.21. The molecule has 0 saturated heterocycles. The summed E-state index contributed by atoms with van der Waals surface area (Å²) in [4.78, 5) is 2.41. The molecule has 62 valence electrons. The fourth-order valence-corrected chi connectivity index (χ4v) is 0.325. The van der Waals surface area contributed by atoms with Crippen molar-refractivity contribution in [3.63, 3.8) is 0 Å². The molecule has 0 bridgehead atoms. The highest BCUT2D eigenvalue weighted by atomic mass is 15.1. The van der Waals surface area contributed by atoms with Crippen molar-refractivity contribution in [3.8, 4) is 59.3 Å². The van der Waals surface area contributed by atoms with Crippen LogP contribution in [-0.2, 0) is 0 Å². The van der Waals surface area contributed by atoms with E-state index in [2.05, 4.69) is 69.4 Å². The largest absolute Gasteiger partial charge is 0.0925 e. The number of rotatable bonds is 0. The Labute approximate surface area is 82.5 Å². The lowest BCUT2D eigenvalue weighted by Crippen LogP contribution is -1.53. The van der Waals surface area contributed by atoms with E-state index < -0.39 is 0 Å². The van der Waals surface area contributed by atoms with Gasteiger partial charge in [-0.3, -0.25) is 0 Å². The summed E-state index contributed by atoms with van der Waals surface area (Å²) >= 11 is 0. The predicted octanol–water partition coefficient (Wildman–Crippen LogP) is 1.29. The second-order valence-electron chi connectivity index (χ2n) is 1.55. The molecule has 0 aliphatic rings. The minimum Gasteiger partial charge on any atom is -0.0925 e. The second kappa shape index (κ2) is 10.1. The first-order valence-electron chi connectivity index (χ1n) is 3.37. The van der Waals surface area contributed by atoms with Crippen molar-refractivity contribution in [2.24, 2.45) is 5.11 Å². The van der Waals surface area contributed by atoms with E-state index in [1.165, 1.54) is 0 Å². The Kier molecular flexibility index (Phi) is 8.02. The maximum atomic E-state index is 7.84. The smallest absolute Gasteiger partial charge is 0.0127 e. The number of nitrogens with zero attached hydrogens (tertiary/aromatic N) is 3. The molecule has 3 nitrogen and oxygen atoms in total. The molecule has 0 rings (SSSR count). The minimum absolute atomic E-state index is 1.69. The van der Waals surface area contributed by atoms with E-state index in [0.29, 0.717) is 0 Å². The number of hydrogen-bond donors (Lipinski definition) is 0. The zero-order valence-corrected chi connectivity index (χ0v) is 7.34. The molecule has 0 aromatic rings. The molecule has 0 unspecified atom stereocenters. The summed E-state index contributed by atoms with van der Waals surface area (Å²) in [6, 6.07) is 2.10. The molecule has 0 saturated carbocycles. The Morgan fingerprint density at radius 3 is 1.86 bits per heavy atom. The van der Waals surface area contributed by atoms with Gasteiger partial charge in [-0.05, 0) is 64.9 Å². The standard InChI is InChI=1S/C11H3N3/c1-2-3-4-5-6-7-8-9-10-11-13-14-12/h1H3. The molecule has 0 aliphatic carbocycles. The van der Waals surface area contributed by atoms with Crippen molar-refractivity contribution in [3.05, 3.63) is 10.4 Å².